The molecule has 0 N–H and O–H groups in total. The van der Waals surface area contributed by atoms with Crippen molar-refractivity contribution >= 4 is 0 Å². The van der Waals surface area contributed by atoms with Gasteiger partial charge in [-0.25, -0.2) is 0 Å². The Morgan fingerprint density at radius 1 is 1.14 bits per heavy atom. The molecule has 0 saturated heterocycles. The van der Waals surface area contributed by atoms with Crippen LogP contribution in [0.3, 0.4) is 0 Å². The largest absolute Gasteiger partial charge is 0.489 e. The van der Waals surface area contributed by atoms with Gasteiger partial charge in [0.1, 0.15) is 11.9 Å². The first-order valence-electron chi connectivity index (χ1n) is 7.75. The number of pyridine rings is 1. The fraction of sp³-hybridized carbons (Fsp3) is 0.706. The highest BCUT2D eigenvalue weighted by molar-refractivity contribution is 5.20. The fourth-order valence-corrected chi connectivity index (χ4v) is 2.56. The van der Waals surface area contributed by atoms with Crippen LogP contribution in [0, 0.1) is 11.8 Å². The van der Waals surface area contributed by atoms with Crippen molar-refractivity contribution in [2.24, 2.45) is 11.8 Å². The van der Waals surface area contributed by atoms with E-state index >= 15 is 0 Å². The van der Waals surface area contributed by atoms with E-state index in [9.17, 15) is 0 Å². The zero-order valence-electron chi connectivity index (χ0n) is 13.5. The maximum atomic E-state index is 5.87. The van der Waals surface area contributed by atoms with Crippen molar-refractivity contribution < 1.29 is 14.2 Å². The van der Waals surface area contributed by atoms with Crippen molar-refractivity contribution in [3.05, 3.63) is 24.0 Å². The summed E-state index contributed by atoms with van der Waals surface area (Å²) in [6.07, 6.45) is 5.41. The van der Waals surface area contributed by atoms with Gasteiger partial charge < -0.3 is 14.2 Å². The summed E-state index contributed by atoms with van der Waals surface area (Å²) >= 11 is 0. The molecule has 2 atom stereocenters. The third kappa shape index (κ3) is 4.68. The van der Waals surface area contributed by atoms with Gasteiger partial charge in [-0.3, -0.25) is 4.98 Å². The third-order valence-electron chi connectivity index (χ3n) is 4.42. The molecule has 1 saturated carbocycles. The van der Waals surface area contributed by atoms with Crippen molar-refractivity contribution in [2.75, 3.05) is 20.8 Å². The van der Waals surface area contributed by atoms with Crippen LogP contribution in [-0.2, 0) is 15.9 Å². The molecule has 0 amide bonds. The van der Waals surface area contributed by atoms with E-state index in [1.807, 2.05) is 12.3 Å². The summed E-state index contributed by atoms with van der Waals surface area (Å²) in [5.41, 5.74) is 1.11. The minimum absolute atomic E-state index is 0.281. The highest BCUT2D eigenvalue weighted by Gasteiger charge is 2.30. The van der Waals surface area contributed by atoms with Gasteiger partial charge in [-0.1, -0.05) is 13.8 Å². The molecular weight excluding hydrogens is 266 g/mol. The third-order valence-corrected chi connectivity index (χ3v) is 4.42. The number of ether oxygens (including phenoxy) is 3. The van der Waals surface area contributed by atoms with E-state index in [1.165, 1.54) is 0 Å². The number of aromatic nitrogens is 1. The molecule has 1 heterocycles. The predicted octanol–water partition coefficient (Wildman–Crippen LogP) is 3.10. The van der Waals surface area contributed by atoms with Crippen LogP contribution in [0.1, 0.15) is 32.4 Å². The standard InChI is InChI=1S/C17H27NO3/c1-12(13(2)11-19-3)7-14-5-6-15(10-18-14)21-17-8-16(9-17)20-4/h5-6,10,12-13,16-17H,7-9,11H2,1-4H3. The molecule has 1 aromatic rings. The molecule has 0 spiro atoms. The maximum absolute atomic E-state index is 5.87. The van der Waals surface area contributed by atoms with Crippen LogP contribution in [0.25, 0.3) is 0 Å². The predicted molar refractivity (Wildman–Crippen MR) is 82.6 cm³/mol. The summed E-state index contributed by atoms with van der Waals surface area (Å²) in [7, 11) is 3.51. The summed E-state index contributed by atoms with van der Waals surface area (Å²) in [5.74, 6) is 1.95. The van der Waals surface area contributed by atoms with Crippen LogP contribution in [0.4, 0.5) is 0 Å². The van der Waals surface area contributed by atoms with Crippen molar-refractivity contribution in [3.8, 4) is 5.75 Å². The first-order chi connectivity index (χ1) is 10.1. The molecule has 0 aromatic carbocycles. The number of rotatable bonds is 8. The van der Waals surface area contributed by atoms with Crippen molar-refractivity contribution in [2.45, 2.75) is 45.3 Å². The van der Waals surface area contributed by atoms with E-state index in [0.717, 1.165) is 37.3 Å². The average Bonchev–Trinajstić information content (AvgIpc) is 2.44. The molecule has 4 nitrogen and oxygen atoms in total. The Bertz CT molecular complexity index is 415. The molecule has 118 valence electrons. The van der Waals surface area contributed by atoms with Gasteiger partial charge in [0, 0.05) is 39.4 Å². The summed E-state index contributed by atoms with van der Waals surface area (Å²) in [4.78, 5) is 4.51. The molecule has 2 rings (SSSR count). The van der Waals surface area contributed by atoms with Crippen LogP contribution >= 0.6 is 0 Å². The number of hydrogen-bond acceptors (Lipinski definition) is 4. The molecule has 1 aliphatic rings. The highest BCUT2D eigenvalue weighted by Crippen LogP contribution is 2.27. The van der Waals surface area contributed by atoms with E-state index in [2.05, 4.69) is 24.9 Å². The van der Waals surface area contributed by atoms with Crippen LogP contribution in [0.15, 0.2) is 18.3 Å². The quantitative estimate of drug-likeness (QED) is 0.738. The molecule has 2 unspecified atom stereocenters. The number of methoxy groups -OCH3 is 2. The molecule has 0 radical (unpaired) electrons. The normalized spacial score (nSPS) is 24.2. The lowest BCUT2D eigenvalue weighted by atomic mass is 9.92. The molecule has 0 aliphatic heterocycles. The molecule has 21 heavy (non-hydrogen) atoms. The second-order valence-electron chi connectivity index (χ2n) is 6.17. The van der Waals surface area contributed by atoms with E-state index in [0.29, 0.717) is 17.9 Å². The Morgan fingerprint density at radius 2 is 1.90 bits per heavy atom. The lowest BCUT2D eigenvalue weighted by molar-refractivity contribution is -0.0382. The molecule has 1 aromatic heterocycles. The van der Waals surface area contributed by atoms with Crippen molar-refractivity contribution in [3.63, 3.8) is 0 Å². The van der Waals surface area contributed by atoms with Crippen molar-refractivity contribution in [1.29, 1.82) is 0 Å². The molecule has 1 fully saturated rings. The Kier molecular flexibility index (Phi) is 6.00. The minimum Gasteiger partial charge on any atom is -0.489 e. The molecule has 0 bridgehead atoms. The van der Waals surface area contributed by atoms with Gasteiger partial charge in [-0.2, -0.15) is 0 Å². The van der Waals surface area contributed by atoms with Crippen LogP contribution in [0.2, 0.25) is 0 Å². The topological polar surface area (TPSA) is 40.6 Å². The Morgan fingerprint density at radius 3 is 2.48 bits per heavy atom. The lowest BCUT2D eigenvalue weighted by Gasteiger charge is -2.34. The van der Waals surface area contributed by atoms with Crippen LogP contribution in [-0.4, -0.2) is 38.0 Å². The number of hydrogen-bond donors (Lipinski definition) is 0. The zero-order valence-corrected chi connectivity index (χ0v) is 13.5. The van der Waals surface area contributed by atoms with Gasteiger partial charge in [0.15, 0.2) is 0 Å². The van der Waals surface area contributed by atoms with Gasteiger partial charge >= 0.3 is 0 Å². The monoisotopic (exact) mass is 293 g/mol. The van der Waals surface area contributed by atoms with Gasteiger partial charge in [0.05, 0.1) is 12.3 Å². The zero-order chi connectivity index (χ0) is 15.2. The Balaban J connectivity index is 1.79. The maximum Gasteiger partial charge on any atom is 0.138 e. The first kappa shape index (κ1) is 16.2. The summed E-state index contributed by atoms with van der Waals surface area (Å²) < 4.78 is 16.3. The average molecular weight is 293 g/mol. The SMILES string of the molecule is COCC(C)C(C)Cc1ccc(OC2CC(OC)C2)cn1. The van der Waals surface area contributed by atoms with Crippen LogP contribution in [0.5, 0.6) is 5.75 Å². The van der Waals surface area contributed by atoms with E-state index in [-0.39, 0.29) is 6.10 Å². The van der Waals surface area contributed by atoms with E-state index in [1.54, 1.807) is 14.2 Å². The first-order valence-corrected chi connectivity index (χ1v) is 7.75. The highest BCUT2D eigenvalue weighted by atomic mass is 16.5. The van der Waals surface area contributed by atoms with Crippen molar-refractivity contribution in [1.82, 2.24) is 4.98 Å². The van der Waals surface area contributed by atoms with Gasteiger partial charge in [0.25, 0.3) is 0 Å². The Labute approximate surface area is 127 Å². The summed E-state index contributed by atoms with van der Waals surface area (Å²) in [6.45, 7) is 5.26. The molecule has 4 heteroatoms. The second kappa shape index (κ2) is 7.76. The summed E-state index contributed by atoms with van der Waals surface area (Å²) in [6, 6.07) is 4.09. The smallest absolute Gasteiger partial charge is 0.138 e. The fourth-order valence-electron chi connectivity index (χ4n) is 2.56. The van der Waals surface area contributed by atoms with Gasteiger partial charge in [-0.05, 0) is 30.4 Å². The second-order valence-corrected chi connectivity index (χ2v) is 6.17. The van der Waals surface area contributed by atoms with Gasteiger partial charge in [-0.15, -0.1) is 0 Å². The van der Waals surface area contributed by atoms with Gasteiger partial charge in [0.2, 0.25) is 0 Å². The van der Waals surface area contributed by atoms with E-state index < -0.39 is 0 Å². The van der Waals surface area contributed by atoms with Crippen LogP contribution < -0.4 is 4.74 Å². The summed E-state index contributed by atoms with van der Waals surface area (Å²) in [5, 5.41) is 0. The Hall–Kier alpha value is -1.13. The number of nitrogens with zero attached hydrogens (tertiary/aromatic N) is 1. The molecule has 1 aliphatic carbocycles. The van der Waals surface area contributed by atoms with E-state index in [4.69, 9.17) is 14.2 Å². The molecular formula is C17H27NO3. The lowest BCUT2D eigenvalue weighted by Crippen LogP contribution is -2.38. The minimum atomic E-state index is 0.281.